The number of nitrogens with zero attached hydrogens (tertiary/aromatic N) is 1. The van der Waals surface area contributed by atoms with Gasteiger partial charge in [-0.05, 0) is 49.9 Å². The molecule has 1 N–H and O–H groups in total. The van der Waals surface area contributed by atoms with Crippen molar-refractivity contribution >= 4 is 21.4 Å². The third kappa shape index (κ3) is 4.09. The van der Waals surface area contributed by atoms with Crippen LogP contribution in [0.15, 0.2) is 42.5 Å². The van der Waals surface area contributed by atoms with Crippen LogP contribution < -0.4 is 9.62 Å². The molecule has 2 aromatic rings. The van der Waals surface area contributed by atoms with Crippen LogP contribution in [-0.2, 0) is 15.8 Å². The third-order valence-electron chi connectivity index (χ3n) is 4.40. The zero-order chi connectivity index (χ0) is 17.2. The largest absolute Gasteiger partial charge is 0.371 e. The summed E-state index contributed by atoms with van der Waals surface area (Å²) >= 11 is 0. The van der Waals surface area contributed by atoms with Crippen molar-refractivity contribution in [3.8, 4) is 0 Å². The van der Waals surface area contributed by atoms with Gasteiger partial charge in [-0.2, -0.15) is 0 Å². The SMILES string of the molecule is Cc1cccc(CS(=O)(=O)Nc2cc(N3CCCC3)ccc2C)c1. The average Bonchev–Trinajstić information content (AvgIpc) is 3.03. The molecule has 24 heavy (non-hydrogen) atoms. The summed E-state index contributed by atoms with van der Waals surface area (Å²) in [4.78, 5) is 2.30. The molecule has 1 fully saturated rings. The van der Waals surface area contributed by atoms with E-state index in [1.807, 2.05) is 50.2 Å². The van der Waals surface area contributed by atoms with E-state index in [4.69, 9.17) is 0 Å². The molecule has 0 spiro atoms. The summed E-state index contributed by atoms with van der Waals surface area (Å²) in [5.74, 6) is -0.0118. The van der Waals surface area contributed by atoms with Gasteiger partial charge in [-0.1, -0.05) is 35.9 Å². The lowest BCUT2D eigenvalue weighted by Gasteiger charge is -2.20. The predicted molar refractivity (Wildman–Crippen MR) is 100 cm³/mol. The molecular weight excluding hydrogens is 320 g/mol. The van der Waals surface area contributed by atoms with Crippen LogP contribution in [0, 0.1) is 13.8 Å². The highest BCUT2D eigenvalue weighted by molar-refractivity contribution is 7.91. The minimum Gasteiger partial charge on any atom is -0.371 e. The van der Waals surface area contributed by atoms with E-state index in [-0.39, 0.29) is 5.75 Å². The zero-order valence-corrected chi connectivity index (χ0v) is 15.1. The average molecular weight is 344 g/mol. The summed E-state index contributed by atoms with van der Waals surface area (Å²) in [7, 11) is -3.44. The highest BCUT2D eigenvalue weighted by Crippen LogP contribution is 2.27. The topological polar surface area (TPSA) is 49.4 Å². The molecule has 5 heteroatoms. The normalized spacial score (nSPS) is 14.8. The predicted octanol–water partition coefficient (Wildman–Crippen LogP) is 3.85. The van der Waals surface area contributed by atoms with Gasteiger partial charge >= 0.3 is 0 Å². The Morgan fingerprint density at radius 3 is 2.50 bits per heavy atom. The van der Waals surface area contributed by atoms with Crippen LogP contribution in [0.25, 0.3) is 0 Å². The van der Waals surface area contributed by atoms with Gasteiger partial charge in [-0.25, -0.2) is 8.42 Å². The van der Waals surface area contributed by atoms with Crippen LogP contribution in [0.3, 0.4) is 0 Å². The van der Waals surface area contributed by atoms with Crippen molar-refractivity contribution in [2.45, 2.75) is 32.4 Å². The molecule has 0 amide bonds. The van der Waals surface area contributed by atoms with Crippen molar-refractivity contribution in [3.63, 3.8) is 0 Å². The van der Waals surface area contributed by atoms with E-state index >= 15 is 0 Å². The second-order valence-electron chi connectivity index (χ2n) is 6.54. The first-order valence-corrected chi connectivity index (χ1v) is 10.00. The highest BCUT2D eigenvalue weighted by atomic mass is 32.2. The third-order valence-corrected chi connectivity index (χ3v) is 5.64. The molecule has 1 saturated heterocycles. The Bertz CT molecular complexity index is 825. The highest BCUT2D eigenvalue weighted by Gasteiger charge is 2.16. The molecule has 1 heterocycles. The molecular formula is C19H24N2O2S. The Hall–Kier alpha value is -2.01. The summed E-state index contributed by atoms with van der Waals surface area (Å²) < 4.78 is 27.8. The standard InChI is InChI=1S/C19H24N2O2S/c1-15-6-5-7-17(12-15)14-24(22,23)20-19-13-18(9-8-16(19)2)21-10-3-4-11-21/h5-9,12-13,20H,3-4,10-11,14H2,1-2H3. The van der Waals surface area contributed by atoms with Gasteiger partial charge in [-0.15, -0.1) is 0 Å². The van der Waals surface area contributed by atoms with Crippen LogP contribution in [0.5, 0.6) is 0 Å². The lowest BCUT2D eigenvalue weighted by molar-refractivity contribution is 0.600. The van der Waals surface area contributed by atoms with Crippen molar-refractivity contribution in [1.82, 2.24) is 0 Å². The quantitative estimate of drug-likeness (QED) is 0.896. The fourth-order valence-electron chi connectivity index (χ4n) is 3.12. The van der Waals surface area contributed by atoms with Crippen LogP contribution in [0.4, 0.5) is 11.4 Å². The Morgan fingerprint density at radius 2 is 1.79 bits per heavy atom. The van der Waals surface area contributed by atoms with Crippen LogP contribution >= 0.6 is 0 Å². The first-order chi connectivity index (χ1) is 11.4. The number of hydrogen-bond acceptors (Lipinski definition) is 3. The van der Waals surface area contributed by atoms with Crippen LogP contribution in [0.1, 0.15) is 29.5 Å². The zero-order valence-electron chi connectivity index (χ0n) is 14.2. The van der Waals surface area contributed by atoms with Gasteiger partial charge in [0.1, 0.15) is 0 Å². The first-order valence-electron chi connectivity index (χ1n) is 8.35. The molecule has 0 bridgehead atoms. The Labute approximate surface area is 144 Å². The maximum absolute atomic E-state index is 12.5. The lowest BCUT2D eigenvalue weighted by atomic mass is 10.2. The number of benzene rings is 2. The second kappa shape index (κ2) is 6.85. The summed E-state index contributed by atoms with van der Waals surface area (Å²) in [5.41, 5.74) is 4.56. The number of hydrogen-bond donors (Lipinski definition) is 1. The summed E-state index contributed by atoms with van der Waals surface area (Å²) in [6.07, 6.45) is 2.39. The molecule has 0 saturated carbocycles. The van der Waals surface area contributed by atoms with Crippen molar-refractivity contribution < 1.29 is 8.42 Å². The number of rotatable bonds is 5. The van der Waals surface area contributed by atoms with Crippen molar-refractivity contribution in [2.24, 2.45) is 0 Å². The van der Waals surface area contributed by atoms with E-state index in [9.17, 15) is 8.42 Å². The maximum atomic E-state index is 12.5. The van der Waals surface area contributed by atoms with E-state index in [0.717, 1.165) is 35.5 Å². The van der Waals surface area contributed by atoms with E-state index < -0.39 is 10.0 Å². The molecule has 0 aromatic heterocycles. The first kappa shape index (κ1) is 16.8. The molecule has 2 aromatic carbocycles. The summed E-state index contributed by atoms with van der Waals surface area (Å²) in [5, 5.41) is 0. The Balaban J connectivity index is 1.80. The van der Waals surface area contributed by atoms with E-state index in [0.29, 0.717) is 5.69 Å². The van der Waals surface area contributed by atoms with Gasteiger partial charge < -0.3 is 4.90 Å². The van der Waals surface area contributed by atoms with E-state index in [1.165, 1.54) is 12.8 Å². The molecule has 4 nitrogen and oxygen atoms in total. The summed E-state index contributed by atoms with van der Waals surface area (Å²) in [6.45, 7) is 5.97. The molecule has 1 aliphatic rings. The number of anilines is 2. The van der Waals surface area contributed by atoms with Gasteiger partial charge in [0.25, 0.3) is 0 Å². The van der Waals surface area contributed by atoms with Gasteiger partial charge in [-0.3, -0.25) is 4.72 Å². The molecule has 0 atom stereocenters. The molecule has 3 rings (SSSR count). The fraction of sp³-hybridized carbons (Fsp3) is 0.368. The van der Waals surface area contributed by atoms with E-state index in [1.54, 1.807) is 0 Å². The Kier molecular flexibility index (Phi) is 4.81. The number of nitrogens with one attached hydrogen (secondary N) is 1. The number of aryl methyl sites for hydroxylation is 2. The smallest absolute Gasteiger partial charge is 0.236 e. The minimum atomic E-state index is -3.44. The second-order valence-corrected chi connectivity index (χ2v) is 8.27. The van der Waals surface area contributed by atoms with Gasteiger partial charge in [0.2, 0.25) is 10.0 Å². The number of sulfonamides is 1. The van der Waals surface area contributed by atoms with Gasteiger partial charge in [0.15, 0.2) is 0 Å². The molecule has 0 unspecified atom stereocenters. The van der Waals surface area contributed by atoms with E-state index in [2.05, 4.69) is 15.7 Å². The van der Waals surface area contributed by atoms with Crippen LogP contribution in [0.2, 0.25) is 0 Å². The van der Waals surface area contributed by atoms with Gasteiger partial charge in [0, 0.05) is 18.8 Å². The summed E-state index contributed by atoms with van der Waals surface area (Å²) in [6, 6.07) is 13.6. The van der Waals surface area contributed by atoms with Crippen molar-refractivity contribution in [2.75, 3.05) is 22.7 Å². The molecule has 0 aliphatic carbocycles. The Morgan fingerprint density at radius 1 is 1.04 bits per heavy atom. The van der Waals surface area contributed by atoms with Gasteiger partial charge in [0.05, 0.1) is 11.4 Å². The van der Waals surface area contributed by atoms with Crippen LogP contribution in [-0.4, -0.2) is 21.5 Å². The fourth-order valence-corrected chi connectivity index (χ4v) is 4.36. The molecule has 1 aliphatic heterocycles. The maximum Gasteiger partial charge on any atom is 0.236 e. The molecule has 0 radical (unpaired) electrons. The van der Waals surface area contributed by atoms with Crippen molar-refractivity contribution in [1.29, 1.82) is 0 Å². The minimum absolute atomic E-state index is 0.0118. The monoisotopic (exact) mass is 344 g/mol. The molecule has 128 valence electrons. The lowest BCUT2D eigenvalue weighted by Crippen LogP contribution is -2.19. The van der Waals surface area contributed by atoms with Crippen molar-refractivity contribution in [3.05, 3.63) is 59.2 Å².